The summed E-state index contributed by atoms with van der Waals surface area (Å²) in [5.41, 5.74) is 0.509. The van der Waals surface area contributed by atoms with Crippen LogP contribution in [0.1, 0.15) is 16.7 Å². The van der Waals surface area contributed by atoms with Crippen LogP contribution in [0.2, 0.25) is 0 Å². The first-order valence-electron chi connectivity index (χ1n) is 3.98. The third kappa shape index (κ3) is 1.61. The van der Waals surface area contributed by atoms with Gasteiger partial charge < -0.3 is 9.84 Å². The molecule has 0 aliphatic carbocycles. The third-order valence-corrected chi connectivity index (χ3v) is 2.89. The van der Waals surface area contributed by atoms with Crippen LogP contribution in [0.4, 0.5) is 0 Å². The molecule has 0 aromatic carbocycles. The summed E-state index contributed by atoms with van der Waals surface area (Å²) >= 11 is 1.39. The van der Waals surface area contributed by atoms with E-state index >= 15 is 0 Å². The molecule has 74 valence electrons. The predicted octanol–water partition coefficient (Wildman–Crippen LogP) is 0.956. The largest absolute Gasteiger partial charge is 0.487 e. The fourth-order valence-corrected chi connectivity index (χ4v) is 1.90. The smallest absolute Gasteiger partial charge is 0.173 e. The Balaban J connectivity index is 2.23. The Hall–Kier alpha value is -1.40. The Morgan fingerprint density at radius 2 is 2.43 bits per heavy atom. The molecule has 0 aliphatic heterocycles. The Bertz CT molecular complexity index is 398. The fraction of sp³-hybridized carbons (Fsp3) is 0.250. The van der Waals surface area contributed by atoms with Crippen molar-refractivity contribution >= 4 is 11.3 Å². The lowest BCUT2D eigenvalue weighted by molar-refractivity contribution is 0.219. The quantitative estimate of drug-likeness (QED) is 0.793. The van der Waals surface area contributed by atoms with Gasteiger partial charge in [-0.05, 0) is 12.1 Å². The number of hydrogen-bond acceptors (Lipinski definition) is 5. The van der Waals surface area contributed by atoms with Crippen LogP contribution in [0.5, 0.6) is 5.06 Å². The first-order chi connectivity index (χ1) is 6.81. The molecular formula is C8H9N3O2S. The second kappa shape index (κ2) is 3.77. The van der Waals surface area contributed by atoms with Crippen LogP contribution in [0, 0.1) is 0 Å². The average Bonchev–Trinajstić information content (AvgIpc) is 2.88. The summed E-state index contributed by atoms with van der Waals surface area (Å²) in [6, 6.07) is 3.62. The lowest BCUT2D eigenvalue weighted by Gasteiger charge is -2.02. The van der Waals surface area contributed by atoms with Crippen molar-refractivity contribution in [3.8, 4) is 5.06 Å². The molecule has 1 atom stereocenters. The highest BCUT2D eigenvalue weighted by Gasteiger charge is 2.15. The number of thiophene rings is 1. The van der Waals surface area contributed by atoms with Crippen LogP contribution < -0.4 is 4.74 Å². The zero-order chi connectivity index (χ0) is 9.97. The van der Waals surface area contributed by atoms with Crippen molar-refractivity contribution in [2.45, 2.75) is 6.10 Å². The zero-order valence-corrected chi connectivity index (χ0v) is 8.28. The van der Waals surface area contributed by atoms with E-state index in [0.29, 0.717) is 5.69 Å². The Kier molecular flexibility index (Phi) is 2.47. The summed E-state index contributed by atoms with van der Waals surface area (Å²) in [4.78, 5) is 0.788. The molecule has 0 aliphatic rings. The van der Waals surface area contributed by atoms with Gasteiger partial charge in [-0.2, -0.15) is 15.4 Å². The summed E-state index contributed by atoms with van der Waals surface area (Å²) in [6.45, 7) is 0. The summed E-state index contributed by atoms with van der Waals surface area (Å²) in [5.74, 6) is 0. The van der Waals surface area contributed by atoms with Gasteiger partial charge in [0.1, 0.15) is 11.8 Å². The zero-order valence-electron chi connectivity index (χ0n) is 7.47. The summed E-state index contributed by atoms with van der Waals surface area (Å²) in [5, 5.41) is 20.5. The number of H-pyrrole nitrogens is 1. The van der Waals surface area contributed by atoms with Crippen molar-refractivity contribution < 1.29 is 9.84 Å². The molecule has 5 nitrogen and oxygen atoms in total. The monoisotopic (exact) mass is 211 g/mol. The second-order valence-corrected chi connectivity index (χ2v) is 3.74. The molecule has 6 heteroatoms. The first kappa shape index (κ1) is 9.17. The van der Waals surface area contributed by atoms with Crippen molar-refractivity contribution in [3.63, 3.8) is 0 Å². The van der Waals surface area contributed by atoms with Crippen LogP contribution in [0.3, 0.4) is 0 Å². The van der Waals surface area contributed by atoms with Crippen molar-refractivity contribution in [1.82, 2.24) is 15.4 Å². The second-order valence-electron chi connectivity index (χ2n) is 2.66. The van der Waals surface area contributed by atoms with E-state index in [1.165, 1.54) is 17.5 Å². The van der Waals surface area contributed by atoms with Crippen molar-refractivity contribution in [1.29, 1.82) is 0 Å². The first-order valence-corrected chi connectivity index (χ1v) is 4.80. The molecule has 0 saturated heterocycles. The number of rotatable bonds is 3. The molecule has 2 rings (SSSR count). The molecule has 0 saturated carbocycles. The van der Waals surface area contributed by atoms with Crippen LogP contribution in [-0.2, 0) is 0 Å². The lowest BCUT2D eigenvalue weighted by atomic mass is 10.2. The molecule has 2 aromatic heterocycles. The Morgan fingerprint density at radius 1 is 1.57 bits per heavy atom. The number of nitrogens with one attached hydrogen (secondary N) is 1. The molecule has 0 spiro atoms. The minimum atomic E-state index is -0.734. The van der Waals surface area contributed by atoms with Gasteiger partial charge in [-0.25, -0.2) is 0 Å². The highest BCUT2D eigenvalue weighted by molar-refractivity contribution is 7.13. The summed E-state index contributed by atoms with van der Waals surface area (Å²) in [6.07, 6.45) is 0.763. The molecular weight excluding hydrogens is 202 g/mol. The minimum absolute atomic E-state index is 0.509. The standard InChI is InChI=1S/C8H9N3O2S/c1-13-7-3-2-6(14-7)8(12)5-4-9-11-10-5/h2-4,8,12H,1H3,(H,9,10,11). The van der Waals surface area contributed by atoms with Crippen molar-refractivity contribution in [2.24, 2.45) is 0 Å². The van der Waals surface area contributed by atoms with Gasteiger partial charge >= 0.3 is 0 Å². The number of ether oxygens (including phenoxy) is 1. The van der Waals surface area contributed by atoms with Crippen LogP contribution in [0.25, 0.3) is 0 Å². The molecule has 14 heavy (non-hydrogen) atoms. The lowest BCUT2D eigenvalue weighted by Crippen LogP contribution is -1.96. The van der Waals surface area contributed by atoms with E-state index < -0.39 is 6.10 Å². The maximum atomic E-state index is 9.82. The van der Waals surface area contributed by atoms with E-state index in [2.05, 4.69) is 15.4 Å². The maximum absolute atomic E-state index is 9.82. The summed E-state index contributed by atoms with van der Waals surface area (Å²) < 4.78 is 5.03. The molecule has 0 fully saturated rings. The normalized spacial score (nSPS) is 12.7. The van der Waals surface area contributed by atoms with Gasteiger partial charge in [0.15, 0.2) is 5.06 Å². The van der Waals surface area contributed by atoms with E-state index in [9.17, 15) is 5.11 Å². The highest BCUT2D eigenvalue weighted by atomic mass is 32.1. The average molecular weight is 211 g/mol. The van der Waals surface area contributed by atoms with Gasteiger partial charge in [-0.1, -0.05) is 0 Å². The van der Waals surface area contributed by atoms with Crippen LogP contribution >= 0.6 is 11.3 Å². The number of hydrogen-bond donors (Lipinski definition) is 2. The molecule has 2 N–H and O–H groups in total. The van der Waals surface area contributed by atoms with Crippen molar-refractivity contribution in [3.05, 3.63) is 28.9 Å². The van der Waals surface area contributed by atoms with E-state index in [1.54, 1.807) is 7.11 Å². The minimum Gasteiger partial charge on any atom is -0.487 e. The number of aliphatic hydroxyl groups is 1. The number of aromatic nitrogens is 3. The number of aliphatic hydroxyl groups excluding tert-OH is 1. The number of methoxy groups -OCH3 is 1. The molecule has 2 aromatic rings. The van der Waals surface area contributed by atoms with E-state index in [1.807, 2.05) is 12.1 Å². The van der Waals surface area contributed by atoms with E-state index in [4.69, 9.17) is 4.74 Å². The Morgan fingerprint density at radius 3 is 3.00 bits per heavy atom. The van der Waals surface area contributed by atoms with E-state index in [-0.39, 0.29) is 0 Å². The predicted molar refractivity (Wildman–Crippen MR) is 51.3 cm³/mol. The molecule has 0 radical (unpaired) electrons. The highest BCUT2D eigenvalue weighted by Crippen LogP contribution is 2.31. The van der Waals surface area contributed by atoms with Gasteiger partial charge in [-0.15, -0.1) is 11.3 Å². The molecule has 1 unspecified atom stereocenters. The third-order valence-electron chi connectivity index (χ3n) is 1.79. The van der Waals surface area contributed by atoms with Crippen LogP contribution in [-0.4, -0.2) is 27.6 Å². The number of nitrogens with zero attached hydrogens (tertiary/aromatic N) is 2. The molecule has 2 heterocycles. The van der Waals surface area contributed by atoms with Gasteiger partial charge in [0.05, 0.1) is 13.3 Å². The maximum Gasteiger partial charge on any atom is 0.173 e. The van der Waals surface area contributed by atoms with Crippen molar-refractivity contribution in [2.75, 3.05) is 7.11 Å². The topological polar surface area (TPSA) is 71.0 Å². The van der Waals surface area contributed by atoms with Gasteiger partial charge in [0.2, 0.25) is 0 Å². The van der Waals surface area contributed by atoms with Gasteiger partial charge in [0, 0.05) is 4.88 Å². The van der Waals surface area contributed by atoms with Crippen LogP contribution in [0.15, 0.2) is 18.3 Å². The van der Waals surface area contributed by atoms with Gasteiger partial charge in [-0.3, -0.25) is 0 Å². The molecule has 0 amide bonds. The van der Waals surface area contributed by atoms with E-state index in [0.717, 1.165) is 9.94 Å². The fourth-order valence-electron chi connectivity index (χ4n) is 1.08. The Labute approximate surface area is 84.4 Å². The summed E-state index contributed by atoms with van der Waals surface area (Å²) in [7, 11) is 1.60. The van der Waals surface area contributed by atoms with Gasteiger partial charge in [0.25, 0.3) is 0 Å². The SMILES string of the molecule is COc1ccc(C(O)c2cn[nH]n2)s1. The molecule has 0 bridgehead atoms. The number of aromatic amines is 1.